The molecule has 0 bridgehead atoms. The van der Waals surface area contributed by atoms with Gasteiger partial charge < -0.3 is 16.2 Å². The van der Waals surface area contributed by atoms with Crippen LogP contribution in [0.5, 0.6) is 0 Å². The number of hydrogen-bond acceptors (Lipinski definition) is 3. The van der Waals surface area contributed by atoms with Gasteiger partial charge in [0.1, 0.15) is 0 Å². The van der Waals surface area contributed by atoms with Crippen LogP contribution in [0.1, 0.15) is 32.3 Å². The van der Waals surface area contributed by atoms with Crippen LogP contribution in [0.15, 0.2) is 24.3 Å². The number of carboxylic acids is 1. The van der Waals surface area contributed by atoms with Crippen LogP contribution in [0, 0.1) is 5.92 Å². The van der Waals surface area contributed by atoms with Crippen molar-refractivity contribution in [1.29, 1.82) is 0 Å². The van der Waals surface area contributed by atoms with Crippen LogP contribution in [0.3, 0.4) is 0 Å². The van der Waals surface area contributed by atoms with Crippen LogP contribution in [0.2, 0.25) is 0 Å². The predicted octanol–water partition coefficient (Wildman–Crippen LogP) is 1.82. The van der Waals surface area contributed by atoms with Crippen molar-refractivity contribution < 1.29 is 14.7 Å². The van der Waals surface area contributed by atoms with Gasteiger partial charge in [0, 0.05) is 18.2 Å². The molecule has 0 aliphatic rings. The van der Waals surface area contributed by atoms with E-state index in [1.807, 2.05) is 32.0 Å². The summed E-state index contributed by atoms with van der Waals surface area (Å²) in [6.45, 7) is 3.79. The van der Waals surface area contributed by atoms with E-state index in [4.69, 9.17) is 10.8 Å². The van der Waals surface area contributed by atoms with Crippen molar-refractivity contribution in [3.63, 3.8) is 0 Å². The highest BCUT2D eigenvalue weighted by molar-refractivity contribution is 5.77. The molecule has 1 amide bonds. The van der Waals surface area contributed by atoms with E-state index >= 15 is 0 Å². The summed E-state index contributed by atoms with van der Waals surface area (Å²) in [5.41, 5.74) is 7.35. The molecule has 0 spiro atoms. The lowest BCUT2D eigenvalue weighted by Gasteiger charge is -2.20. The first-order chi connectivity index (χ1) is 9.38. The molecule has 1 unspecified atom stereocenters. The van der Waals surface area contributed by atoms with E-state index in [9.17, 15) is 9.59 Å². The Hall–Kier alpha value is -2.04. The standard InChI is InChI=1S/C15H22N2O3/c1-10(2)13(9-15(19)20)17-14(18)7-6-11-4-3-5-12(16)8-11/h3-5,8,10,13H,6-7,9,16H2,1-2H3,(H,17,18)(H,19,20). The maximum Gasteiger partial charge on any atom is 0.305 e. The highest BCUT2D eigenvalue weighted by atomic mass is 16.4. The van der Waals surface area contributed by atoms with Gasteiger partial charge in [0.15, 0.2) is 0 Å². The van der Waals surface area contributed by atoms with E-state index in [1.165, 1.54) is 0 Å². The number of nitrogens with two attached hydrogens (primary N) is 1. The minimum absolute atomic E-state index is 0.0539. The van der Waals surface area contributed by atoms with Gasteiger partial charge in [-0.3, -0.25) is 9.59 Å². The smallest absolute Gasteiger partial charge is 0.305 e. The number of nitrogen functional groups attached to an aromatic ring is 1. The summed E-state index contributed by atoms with van der Waals surface area (Å²) >= 11 is 0. The van der Waals surface area contributed by atoms with Crippen molar-refractivity contribution in [2.45, 2.75) is 39.2 Å². The highest BCUT2D eigenvalue weighted by Gasteiger charge is 2.19. The van der Waals surface area contributed by atoms with Crippen LogP contribution in [-0.4, -0.2) is 23.0 Å². The Labute approximate surface area is 119 Å². The topological polar surface area (TPSA) is 92.4 Å². The summed E-state index contributed by atoms with van der Waals surface area (Å²) < 4.78 is 0. The molecule has 110 valence electrons. The molecular formula is C15H22N2O3. The first-order valence-corrected chi connectivity index (χ1v) is 6.74. The number of hydrogen-bond donors (Lipinski definition) is 3. The fourth-order valence-electron chi connectivity index (χ4n) is 1.93. The molecule has 0 saturated carbocycles. The molecule has 5 nitrogen and oxygen atoms in total. The average Bonchev–Trinajstić information content (AvgIpc) is 2.35. The molecule has 0 saturated heterocycles. The first kappa shape index (κ1) is 16.0. The third-order valence-electron chi connectivity index (χ3n) is 3.14. The Morgan fingerprint density at radius 2 is 2.05 bits per heavy atom. The molecule has 0 aliphatic heterocycles. The number of benzene rings is 1. The summed E-state index contributed by atoms with van der Waals surface area (Å²) in [7, 11) is 0. The van der Waals surface area contributed by atoms with E-state index in [0.29, 0.717) is 18.5 Å². The van der Waals surface area contributed by atoms with Gasteiger partial charge in [-0.25, -0.2) is 0 Å². The zero-order valence-electron chi connectivity index (χ0n) is 11.9. The Kier molecular flexibility index (Phi) is 6.03. The first-order valence-electron chi connectivity index (χ1n) is 6.74. The Bertz CT molecular complexity index is 472. The van der Waals surface area contributed by atoms with Crippen LogP contribution in [-0.2, 0) is 16.0 Å². The van der Waals surface area contributed by atoms with Gasteiger partial charge >= 0.3 is 5.97 Å². The molecule has 1 rings (SSSR count). The van der Waals surface area contributed by atoms with Gasteiger partial charge in [-0.15, -0.1) is 0 Å². The summed E-state index contributed by atoms with van der Waals surface area (Å²) in [6, 6.07) is 7.07. The van der Waals surface area contributed by atoms with E-state index < -0.39 is 5.97 Å². The Morgan fingerprint density at radius 1 is 1.35 bits per heavy atom. The average molecular weight is 278 g/mol. The molecule has 0 fully saturated rings. The van der Waals surface area contributed by atoms with Gasteiger partial charge in [0.25, 0.3) is 0 Å². The van der Waals surface area contributed by atoms with Gasteiger partial charge in [0.2, 0.25) is 5.91 Å². The zero-order valence-corrected chi connectivity index (χ0v) is 11.9. The maximum absolute atomic E-state index is 11.9. The van der Waals surface area contributed by atoms with Crippen LogP contribution < -0.4 is 11.1 Å². The van der Waals surface area contributed by atoms with Crippen molar-refractivity contribution in [3.8, 4) is 0 Å². The van der Waals surface area contributed by atoms with Gasteiger partial charge in [-0.2, -0.15) is 0 Å². The molecule has 0 aliphatic carbocycles. The summed E-state index contributed by atoms with van der Waals surface area (Å²) in [4.78, 5) is 22.6. The van der Waals surface area contributed by atoms with E-state index in [0.717, 1.165) is 5.56 Å². The minimum atomic E-state index is -0.903. The summed E-state index contributed by atoms with van der Waals surface area (Å²) in [5.74, 6) is -0.949. The number of anilines is 1. The number of carbonyl (C=O) groups excluding carboxylic acids is 1. The number of carboxylic acid groups (broad SMARTS) is 1. The Balaban J connectivity index is 2.47. The molecule has 5 heteroatoms. The number of nitrogens with one attached hydrogen (secondary N) is 1. The van der Waals surface area contributed by atoms with Crippen molar-refractivity contribution in [2.24, 2.45) is 5.92 Å². The van der Waals surface area contributed by atoms with E-state index in [-0.39, 0.29) is 24.3 Å². The molecule has 1 aromatic rings. The van der Waals surface area contributed by atoms with Crippen LogP contribution in [0.25, 0.3) is 0 Å². The summed E-state index contributed by atoms with van der Waals surface area (Å²) in [5, 5.41) is 11.6. The SMILES string of the molecule is CC(C)C(CC(=O)O)NC(=O)CCc1cccc(N)c1. The third kappa shape index (κ3) is 5.73. The van der Waals surface area contributed by atoms with Crippen molar-refractivity contribution in [3.05, 3.63) is 29.8 Å². The lowest BCUT2D eigenvalue weighted by atomic mass is 10.0. The van der Waals surface area contributed by atoms with Crippen LogP contribution >= 0.6 is 0 Å². The highest BCUT2D eigenvalue weighted by Crippen LogP contribution is 2.10. The van der Waals surface area contributed by atoms with Crippen LogP contribution in [0.4, 0.5) is 5.69 Å². The molecule has 0 heterocycles. The quantitative estimate of drug-likeness (QED) is 0.663. The van der Waals surface area contributed by atoms with Crippen molar-refractivity contribution in [2.75, 3.05) is 5.73 Å². The lowest BCUT2D eigenvalue weighted by molar-refractivity contribution is -0.138. The van der Waals surface area contributed by atoms with Gasteiger partial charge in [-0.05, 0) is 30.0 Å². The third-order valence-corrected chi connectivity index (χ3v) is 3.14. The van der Waals surface area contributed by atoms with E-state index in [1.54, 1.807) is 6.07 Å². The number of aryl methyl sites for hydroxylation is 1. The zero-order chi connectivity index (χ0) is 15.1. The predicted molar refractivity (Wildman–Crippen MR) is 78.2 cm³/mol. The van der Waals surface area contributed by atoms with E-state index in [2.05, 4.69) is 5.32 Å². The fraction of sp³-hybridized carbons (Fsp3) is 0.467. The minimum Gasteiger partial charge on any atom is -0.481 e. The molecular weight excluding hydrogens is 256 g/mol. The molecule has 0 aromatic heterocycles. The van der Waals surface area contributed by atoms with Gasteiger partial charge in [-0.1, -0.05) is 26.0 Å². The lowest BCUT2D eigenvalue weighted by Crippen LogP contribution is -2.40. The molecule has 1 atom stereocenters. The summed E-state index contributed by atoms with van der Waals surface area (Å²) in [6.07, 6.45) is 0.864. The fourth-order valence-corrected chi connectivity index (χ4v) is 1.93. The van der Waals surface area contributed by atoms with Crippen molar-refractivity contribution >= 4 is 17.6 Å². The second kappa shape index (κ2) is 7.53. The number of aliphatic carboxylic acids is 1. The monoisotopic (exact) mass is 278 g/mol. The molecule has 4 N–H and O–H groups in total. The van der Waals surface area contributed by atoms with Crippen molar-refractivity contribution in [1.82, 2.24) is 5.32 Å². The number of rotatable bonds is 7. The normalized spacial score (nSPS) is 12.2. The second-order valence-electron chi connectivity index (χ2n) is 5.26. The van der Waals surface area contributed by atoms with Gasteiger partial charge in [0.05, 0.1) is 6.42 Å². The Morgan fingerprint density at radius 3 is 2.60 bits per heavy atom. The number of amides is 1. The molecule has 1 aromatic carbocycles. The largest absolute Gasteiger partial charge is 0.481 e. The molecule has 20 heavy (non-hydrogen) atoms. The molecule has 0 radical (unpaired) electrons. The second-order valence-corrected chi connectivity index (χ2v) is 5.26. The number of carbonyl (C=O) groups is 2. The maximum atomic E-state index is 11.9.